The Morgan fingerprint density at radius 3 is 2.11 bits per heavy atom. The fourth-order valence-corrected chi connectivity index (χ4v) is 8.86. The zero-order chi connectivity index (χ0) is 20.0. The predicted molar refractivity (Wildman–Crippen MR) is 122 cm³/mol. The van der Waals surface area contributed by atoms with Crippen molar-refractivity contribution >= 4 is 0 Å². The number of hydrogen-bond donors (Lipinski definition) is 0. The summed E-state index contributed by atoms with van der Waals surface area (Å²) in [5, 5.41) is 0. The first-order chi connectivity index (χ1) is 13.4. The normalized spacial score (nSPS) is 47.9. The van der Waals surface area contributed by atoms with Crippen LogP contribution in [0.15, 0.2) is 0 Å². The molecule has 4 aliphatic rings. The number of fused-ring (bicyclic) bond motifs is 2. The molecule has 0 aromatic rings. The summed E-state index contributed by atoms with van der Waals surface area (Å²) in [5.74, 6) is 12.4. The molecule has 4 fully saturated rings. The smallest absolute Gasteiger partial charge is 0.0352 e. The van der Waals surface area contributed by atoms with Crippen molar-refractivity contribution in [1.29, 1.82) is 0 Å². The summed E-state index contributed by atoms with van der Waals surface area (Å²) < 4.78 is 0. The molecule has 0 bridgehead atoms. The van der Waals surface area contributed by atoms with E-state index in [-0.39, 0.29) is 0 Å². The van der Waals surface area contributed by atoms with E-state index in [9.17, 15) is 0 Å². The third-order valence-electron chi connectivity index (χ3n) is 10.8. The van der Waals surface area contributed by atoms with Crippen molar-refractivity contribution < 1.29 is 0 Å². The molecular weight excluding hydrogens is 336 g/mol. The first-order valence-corrected chi connectivity index (χ1v) is 13.4. The highest BCUT2D eigenvalue weighted by molar-refractivity contribution is 4.98. The fraction of sp³-hybridized carbons (Fsp3) is 1.00. The van der Waals surface area contributed by atoms with Crippen molar-refractivity contribution in [3.63, 3.8) is 0 Å². The van der Waals surface area contributed by atoms with Crippen LogP contribution in [0.4, 0.5) is 0 Å². The Kier molecular flexibility index (Phi) is 6.54. The fourth-order valence-electron chi connectivity index (χ4n) is 8.86. The van der Waals surface area contributed by atoms with E-state index in [4.69, 9.17) is 0 Å². The van der Waals surface area contributed by atoms with Crippen LogP contribution in [0.25, 0.3) is 0 Å². The van der Waals surface area contributed by atoms with Gasteiger partial charge in [0.25, 0.3) is 0 Å². The molecule has 0 aromatic carbocycles. The molecule has 11 unspecified atom stereocenters. The van der Waals surface area contributed by atoms with Gasteiger partial charge in [-0.1, -0.05) is 48.0 Å². The molecule has 0 nitrogen and oxygen atoms in total. The van der Waals surface area contributed by atoms with Crippen LogP contribution in [0.3, 0.4) is 0 Å². The molecule has 11 atom stereocenters. The molecule has 4 rings (SSSR count). The van der Waals surface area contributed by atoms with Gasteiger partial charge in [0.05, 0.1) is 0 Å². The van der Waals surface area contributed by atoms with Crippen LogP contribution in [0, 0.1) is 71.0 Å². The molecule has 0 saturated heterocycles. The maximum Gasteiger partial charge on any atom is -0.0352 e. The second kappa shape index (κ2) is 8.63. The Morgan fingerprint density at radius 1 is 0.714 bits per heavy atom. The molecule has 162 valence electrons. The van der Waals surface area contributed by atoms with Crippen LogP contribution < -0.4 is 0 Å². The van der Waals surface area contributed by atoms with E-state index in [0.717, 1.165) is 71.0 Å². The molecule has 0 amide bonds. The van der Waals surface area contributed by atoms with Gasteiger partial charge in [0, 0.05) is 0 Å². The first kappa shape index (κ1) is 21.2. The lowest BCUT2D eigenvalue weighted by Crippen LogP contribution is -2.44. The van der Waals surface area contributed by atoms with Crippen molar-refractivity contribution in [2.24, 2.45) is 71.0 Å². The van der Waals surface area contributed by atoms with Gasteiger partial charge in [0.15, 0.2) is 0 Å². The van der Waals surface area contributed by atoms with Gasteiger partial charge in [0.1, 0.15) is 0 Å². The maximum atomic E-state index is 2.65. The highest BCUT2D eigenvalue weighted by Crippen LogP contribution is 2.57. The number of hydrogen-bond acceptors (Lipinski definition) is 0. The quantitative estimate of drug-likeness (QED) is 0.429. The van der Waals surface area contributed by atoms with Crippen molar-refractivity contribution in [2.45, 2.75) is 106 Å². The summed E-state index contributed by atoms with van der Waals surface area (Å²) in [6.07, 6.45) is 15.5. The summed E-state index contributed by atoms with van der Waals surface area (Å²) in [4.78, 5) is 0. The minimum absolute atomic E-state index is 0.900. The van der Waals surface area contributed by atoms with E-state index < -0.39 is 0 Å². The topological polar surface area (TPSA) is 0 Å². The van der Waals surface area contributed by atoms with Crippen LogP contribution >= 0.6 is 0 Å². The van der Waals surface area contributed by atoms with Crippen LogP contribution in [0.5, 0.6) is 0 Å². The Labute approximate surface area is 177 Å². The molecule has 0 aliphatic heterocycles. The van der Waals surface area contributed by atoms with E-state index in [1.807, 2.05) is 0 Å². The van der Waals surface area contributed by atoms with E-state index in [0.29, 0.717) is 0 Å². The molecule has 0 aromatic heterocycles. The van der Waals surface area contributed by atoms with Crippen LogP contribution in [-0.4, -0.2) is 0 Å². The Hall–Kier alpha value is 0. The average molecular weight is 387 g/mol. The van der Waals surface area contributed by atoms with Crippen LogP contribution in [-0.2, 0) is 0 Å². The Morgan fingerprint density at radius 2 is 1.43 bits per heavy atom. The third-order valence-corrected chi connectivity index (χ3v) is 10.8. The molecule has 4 aliphatic carbocycles. The minimum atomic E-state index is 0.900. The second-order valence-corrected chi connectivity index (χ2v) is 12.7. The van der Waals surface area contributed by atoms with Gasteiger partial charge in [-0.05, 0) is 129 Å². The zero-order valence-corrected chi connectivity index (χ0v) is 20.0. The van der Waals surface area contributed by atoms with E-state index in [2.05, 4.69) is 41.5 Å². The monoisotopic (exact) mass is 386 g/mol. The molecule has 4 saturated carbocycles. The lowest BCUT2D eigenvalue weighted by Gasteiger charge is -2.53. The van der Waals surface area contributed by atoms with E-state index in [1.54, 1.807) is 57.8 Å². The molecule has 0 radical (unpaired) electrons. The SMILES string of the molecule is CCC(C)C1CCC2C(CC(C)C3CC4CC(C)CC4C(C(C)C)C3)CC2C1. The van der Waals surface area contributed by atoms with Crippen molar-refractivity contribution in [3.05, 3.63) is 0 Å². The summed E-state index contributed by atoms with van der Waals surface area (Å²) in [6, 6.07) is 0. The van der Waals surface area contributed by atoms with Gasteiger partial charge >= 0.3 is 0 Å². The molecular formula is C28H50. The zero-order valence-electron chi connectivity index (χ0n) is 20.0. The van der Waals surface area contributed by atoms with Gasteiger partial charge in [-0.25, -0.2) is 0 Å². The van der Waals surface area contributed by atoms with Crippen LogP contribution in [0.2, 0.25) is 0 Å². The first-order valence-electron chi connectivity index (χ1n) is 13.4. The summed E-state index contributed by atoms with van der Waals surface area (Å²) in [6.45, 7) is 15.1. The van der Waals surface area contributed by atoms with Gasteiger partial charge in [-0.15, -0.1) is 0 Å². The highest BCUT2D eigenvalue weighted by Gasteiger charge is 2.48. The molecule has 0 spiro atoms. The Balaban J connectivity index is 1.31. The minimum Gasteiger partial charge on any atom is -0.0651 e. The summed E-state index contributed by atoms with van der Waals surface area (Å²) >= 11 is 0. The second-order valence-electron chi connectivity index (χ2n) is 12.7. The molecule has 0 heteroatoms. The molecule has 0 heterocycles. The summed E-state index contributed by atoms with van der Waals surface area (Å²) in [7, 11) is 0. The average Bonchev–Trinajstić information content (AvgIpc) is 3.03. The van der Waals surface area contributed by atoms with Crippen molar-refractivity contribution in [1.82, 2.24) is 0 Å². The van der Waals surface area contributed by atoms with Crippen molar-refractivity contribution in [2.75, 3.05) is 0 Å². The Bertz CT molecular complexity index is 506. The lowest BCUT2D eigenvalue weighted by atomic mass is 9.53. The molecule has 28 heavy (non-hydrogen) atoms. The lowest BCUT2D eigenvalue weighted by molar-refractivity contribution is -0.0273. The van der Waals surface area contributed by atoms with E-state index in [1.165, 1.54) is 6.42 Å². The van der Waals surface area contributed by atoms with Gasteiger partial charge in [0.2, 0.25) is 0 Å². The van der Waals surface area contributed by atoms with E-state index >= 15 is 0 Å². The van der Waals surface area contributed by atoms with Crippen LogP contribution in [0.1, 0.15) is 106 Å². The largest absolute Gasteiger partial charge is 0.0651 e. The van der Waals surface area contributed by atoms with Gasteiger partial charge in [-0.3, -0.25) is 0 Å². The maximum absolute atomic E-state index is 2.65. The standard InChI is InChI=1S/C28H50/c1-7-19(5)21-8-9-26-24(15-25(26)13-21)12-20(6)22-14-23-10-18(4)11-28(23)27(16-22)17(2)3/h17-28H,7-16H2,1-6H3. The van der Waals surface area contributed by atoms with Crippen molar-refractivity contribution in [3.8, 4) is 0 Å². The number of rotatable bonds is 6. The van der Waals surface area contributed by atoms with Gasteiger partial charge < -0.3 is 0 Å². The van der Waals surface area contributed by atoms with Gasteiger partial charge in [-0.2, -0.15) is 0 Å². The molecule has 0 N–H and O–H groups in total. The highest BCUT2D eigenvalue weighted by atomic mass is 14.5. The predicted octanol–water partition coefficient (Wildman–Crippen LogP) is 8.46. The third kappa shape index (κ3) is 4.09. The summed E-state index contributed by atoms with van der Waals surface area (Å²) in [5.41, 5.74) is 0.